The average molecular weight is 377 g/mol. The lowest BCUT2D eigenvalue weighted by Gasteiger charge is -2.10. The van der Waals surface area contributed by atoms with Crippen LogP contribution in [0.1, 0.15) is 0 Å². The van der Waals surface area contributed by atoms with Crippen LogP contribution in [0.5, 0.6) is 0 Å². The van der Waals surface area contributed by atoms with Gasteiger partial charge in [0.1, 0.15) is 6.33 Å². The van der Waals surface area contributed by atoms with Crippen LogP contribution in [0.3, 0.4) is 0 Å². The normalized spacial score (nSPS) is 10.3. The summed E-state index contributed by atoms with van der Waals surface area (Å²) in [7, 11) is 0. The van der Waals surface area contributed by atoms with E-state index in [1.807, 2.05) is 0 Å². The van der Waals surface area contributed by atoms with Crippen LogP contribution in [-0.2, 0) is 0 Å². The first kappa shape index (κ1) is 16.9. The lowest BCUT2D eigenvalue weighted by atomic mass is 10.3. The van der Waals surface area contributed by atoms with Gasteiger partial charge in [0, 0.05) is 16.9 Å². The van der Waals surface area contributed by atoms with Crippen LogP contribution in [0.25, 0.3) is 0 Å². The molecule has 0 saturated carbocycles. The molecule has 0 bridgehead atoms. The molecule has 0 fully saturated rings. The maximum Gasteiger partial charge on any atom is 0.353 e. The summed E-state index contributed by atoms with van der Waals surface area (Å²) >= 11 is 11.8. The van der Waals surface area contributed by atoms with Crippen LogP contribution in [0.4, 0.5) is 28.7 Å². The summed E-state index contributed by atoms with van der Waals surface area (Å²) in [5.74, 6) is 0.0243. The number of rotatable bonds is 5. The summed E-state index contributed by atoms with van der Waals surface area (Å²) in [5.41, 5.74) is 0.664. The maximum atomic E-state index is 11.5. The fraction of sp³-hybridized carbons (Fsp3) is 0. The molecule has 0 aliphatic heterocycles. The van der Waals surface area contributed by atoms with Crippen molar-refractivity contribution in [3.63, 3.8) is 0 Å². The number of anilines is 4. The minimum absolute atomic E-state index is 0.00800. The monoisotopic (exact) mass is 376 g/mol. The number of nitrogens with one attached hydrogen (secondary N) is 2. The van der Waals surface area contributed by atoms with E-state index in [1.54, 1.807) is 36.4 Å². The predicted octanol–water partition coefficient (Wildman–Crippen LogP) is 4.57. The van der Waals surface area contributed by atoms with Crippen LogP contribution in [-0.4, -0.2) is 19.9 Å². The van der Waals surface area contributed by atoms with Crippen molar-refractivity contribution in [2.24, 2.45) is 0 Å². The summed E-state index contributed by atoms with van der Waals surface area (Å²) in [6.07, 6.45) is 2.72. The second-order valence-corrected chi connectivity index (χ2v) is 5.57. The molecule has 0 radical (unpaired) electrons. The quantitative estimate of drug-likeness (QED) is 0.381. The Kier molecular flexibility index (Phi) is 4.92. The third-order valence-electron chi connectivity index (χ3n) is 3.12. The Balaban J connectivity index is 1.98. The molecule has 10 heteroatoms. The first-order chi connectivity index (χ1) is 12.0. The zero-order valence-corrected chi connectivity index (χ0v) is 14.0. The molecule has 8 nitrogen and oxygen atoms in total. The van der Waals surface area contributed by atoms with Crippen molar-refractivity contribution in [3.8, 4) is 0 Å². The molecule has 2 aromatic heterocycles. The van der Waals surface area contributed by atoms with Gasteiger partial charge in [0.05, 0.1) is 10.6 Å². The Morgan fingerprint density at radius 2 is 1.64 bits per heavy atom. The molecule has 2 heterocycles. The first-order valence-electron chi connectivity index (χ1n) is 6.94. The molecule has 1 aromatic carbocycles. The fourth-order valence-electron chi connectivity index (χ4n) is 2.01. The highest BCUT2D eigenvalue weighted by atomic mass is 35.5. The second kappa shape index (κ2) is 7.29. The van der Waals surface area contributed by atoms with Gasteiger partial charge in [0.2, 0.25) is 11.6 Å². The van der Waals surface area contributed by atoms with E-state index >= 15 is 0 Å². The van der Waals surface area contributed by atoms with Gasteiger partial charge in [0.25, 0.3) is 0 Å². The van der Waals surface area contributed by atoms with E-state index in [0.717, 1.165) is 0 Å². The fourth-order valence-corrected chi connectivity index (χ4v) is 2.30. The number of pyridine rings is 1. The lowest BCUT2D eigenvalue weighted by Crippen LogP contribution is -2.05. The zero-order chi connectivity index (χ0) is 17.8. The third kappa shape index (κ3) is 3.93. The van der Waals surface area contributed by atoms with Gasteiger partial charge in [-0.25, -0.2) is 15.0 Å². The first-order valence-corrected chi connectivity index (χ1v) is 7.69. The second-order valence-electron chi connectivity index (χ2n) is 4.78. The van der Waals surface area contributed by atoms with Gasteiger partial charge < -0.3 is 10.6 Å². The number of nitro groups is 1. The molecule has 0 amide bonds. The molecular weight excluding hydrogens is 367 g/mol. The molecule has 0 unspecified atom stereocenters. The summed E-state index contributed by atoms with van der Waals surface area (Å²) in [6, 6.07) is 9.96. The topological polar surface area (TPSA) is 106 Å². The van der Waals surface area contributed by atoms with E-state index in [1.165, 1.54) is 12.5 Å². The maximum absolute atomic E-state index is 11.5. The van der Waals surface area contributed by atoms with Crippen molar-refractivity contribution in [1.29, 1.82) is 0 Å². The molecule has 25 heavy (non-hydrogen) atoms. The summed E-state index contributed by atoms with van der Waals surface area (Å²) in [4.78, 5) is 22.8. The van der Waals surface area contributed by atoms with Gasteiger partial charge in [-0.15, -0.1) is 0 Å². The molecule has 0 spiro atoms. The molecule has 0 atom stereocenters. The van der Waals surface area contributed by atoms with Gasteiger partial charge in [0.15, 0.2) is 5.15 Å². The molecule has 0 aliphatic rings. The van der Waals surface area contributed by atoms with Gasteiger partial charge in [-0.3, -0.25) is 10.1 Å². The van der Waals surface area contributed by atoms with Crippen molar-refractivity contribution < 1.29 is 4.92 Å². The molecule has 0 saturated heterocycles. The van der Waals surface area contributed by atoms with Gasteiger partial charge in [-0.1, -0.05) is 23.2 Å². The largest absolute Gasteiger partial charge is 0.353 e. The Bertz CT molecular complexity index is 920. The van der Waals surface area contributed by atoms with Crippen LogP contribution < -0.4 is 10.6 Å². The minimum Gasteiger partial charge on any atom is -0.334 e. The Hall–Kier alpha value is -2.97. The Labute approximate surface area is 152 Å². The Morgan fingerprint density at radius 3 is 2.28 bits per heavy atom. The van der Waals surface area contributed by atoms with Crippen molar-refractivity contribution >= 4 is 51.9 Å². The van der Waals surface area contributed by atoms with Crippen LogP contribution in [0.15, 0.2) is 48.9 Å². The number of hydrogen-bond donors (Lipinski definition) is 2. The SMILES string of the molecule is O=[N+]([O-])c1c(Nc2ccc(Cl)cc2)ncnc1Nc1cccnc1Cl. The number of hydrogen-bond acceptors (Lipinski definition) is 7. The van der Waals surface area contributed by atoms with E-state index in [-0.39, 0.29) is 22.5 Å². The van der Waals surface area contributed by atoms with Crippen molar-refractivity contribution in [1.82, 2.24) is 15.0 Å². The van der Waals surface area contributed by atoms with Crippen LogP contribution >= 0.6 is 23.2 Å². The molecule has 2 N–H and O–H groups in total. The van der Waals surface area contributed by atoms with E-state index in [2.05, 4.69) is 25.6 Å². The van der Waals surface area contributed by atoms with Crippen LogP contribution in [0.2, 0.25) is 10.2 Å². The number of benzene rings is 1. The summed E-state index contributed by atoms with van der Waals surface area (Å²) in [5, 5.41) is 18.0. The highest BCUT2D eigenvalue weighted by Gasteiger charge is 2.24. The molecule has 126 valence electrons. The van der Waals surface area contributed by atoms with E-state index < -0.39 is 4.92 Å². The number of aromatic nitrogens is 3. The average Bonchev–Trinajstić information content (AvgIpc) is 2.59. The van der Waals surface area contributed by atoms with E-state index in [9.17, 15) is 10.1 Å². The zero-order valence-electron chi connectivity index (χ0n) is 12.5. The summed E-state index contributed by atoms with van der Waals surface area (Å²) in [6.45, 7) is 0. The molecule has 0 aliphatic carbocycles. The molecule has 3 rings (SSSR count). The highest BCUT2D eigenvalue weighted by molar-refractivity contribution is 6.32. The minimum atomic E-state index is -0.579. The Morgan fingerprint density at radius 1 is 0.960 bits per heavy atom. The van der Waals surface area contributed by atoms with E-state index in [4.69, 9.17) is 23.2 Å². The number of halogens is 2. The predicted molar refractivity (Wildman–Crippen MR) is 96.0 cm³/mol. The van der Waals surface area contributed by atoms with Crippen molar-refractivity contribution in [2.75, 3.05) is 10.6 Å². The van der Waals surface area contributed by atoms with Gasteiger partial charge >= 0.3 is 5.69 Å². The summed E-state index contributed by atoms with van der Waals surface area (Å²) < 4.78 is 0. The standard InChI is InChI=1S/C15H10Cl2N6O2/c16-9-3-5-10(6-4-9)21-14-12(23(24)25)15(20-8-19-14)22-11-2-1-7-18-13(11)17/h1-8H,(H2,19,20,21,22). The molecular formula is C15H10Cl2N6O2. The number of nitrogens with zero attached hydrogens (tertiary/aromatic N) is 4. The smallest absolute Gasteiger partial charge is 0.334 e. The highest BCUT2D eigenvalue weighted by Crippen LogP contribution is 2.34. The van der Waals surface area contributed by atoms with Crippen LogP contribution in [0, 0.1) is 10.1 Å². The lowest BCUT2D eigenvalue weighted by molar-refractivity contribution is -0.383. The van der Waals surface area contributed by atoms with E-state index in [0.29, 0.717) is 16.4 Å². The molecule has 3 aromatic rings. The third-order valence-corrected chi connectivity index (χ3v) is 3.68. The van der Waals surface area contributed by atoms with Crippen molar-refractivity contribution in [2.45, 2.75) is 0 Å². The van der Waals surface area contributed by atoms with Gasteiger partial charge in [-0.05, 0) is 36.4 Å². The van der Waals surface area contributed by atoms with Crippen molar-refractivity contribution in [3.05, 3.63) is 69.2 Å². The van der Waals surface area contributed by atoms with Gasteiger partial charge in [-0.2, -0.15) is 0 Å².